The maximum Gasteiger partial charge on any atom is 0.303 e. The summed E-state index contributed by atoms with van der Waals surface area (Å²) in [5.41, 5.74) is 2.37. The Morgan fingerprint density at radius 1 is 1.56 bits per heavy atom. The number of carbonyl (C=O) groups is 1. The third kappa shape index (κ3) is 2.99. The molecule has 1 aliphatic heterocycles. The molecule has 98 valence electrons. The number of carboxylic acids is 1. The van der Waals surface area contributed by atoms with E-state index in [-0.39, 0.29) is 12.3 Å². The van der Waals surface area contributed by atoms with E-state index >= 15 is 0 Å². The van der Waals surface area contributed by atoms with Crippen LogP contribution < -0.4 is 4.74 Å². The molecule has 18 heavy (non-hydrogen) atoms. The zero-order chi connectivity index (χ0) is 13.1. The zero-order valence-corrected chi connectivity index (χ0v) is 11.5. The minimum absolute atomic E-state index is 0.240. The Balaban J connectivity index is 2.26. The molecule has 0 fully saturated rings. The Morgan fingerprint density at radius 3 is 3.00 bits per heavy atom. The Bertz CT molecular complexity index is 457. The molecule has 2 rings (SSSR count). The number of rotatable bonds is 3. The minimum Gasteiger partial charge on any atom is -0.496 e. The van der Waals surface area contributed by atoms with Gasteiger partial charge >= 0.3 is 5.97 Å². The molecule has 1 aromatic carbocycles. The minimum atomic E-state index is -0.701. The van der Waals surface area contributed by atoms with E-state index in [0.29, 0.717) is 0 Å². The summed E-state index contributed by atoms with van der Waals surface area (Å²) in [5.74, 6) is 1.43. The summed E-state index contributed by atoms with van der Waals surface area (Å²) in [6.07, 6.45) is 2.06. The molecule has 0 spiro atoms. The van der Waals surface area contributed by atoms with E-state index in [1.54, 1.807) is 7.11 Å². The summed E-state index contributed by atoms with van der Waals surface area (Å²) in [6, 6.07) is 4.22. The van der Waals surface area contributed by atoms with E-state index in [0.717, 1.165) is 29.9 Å². The van der Waals surface area contributed by atoms with Crippen LogP contribution >= 0.6 is 11.8 Å². The highest BCUT2D eigenvalue weighted by Gasteiger charge is 2.20. The van der Waals surface area contributed by atoms with E-state index in [4.69, 9.17) is 9.84 Å². The lowest BCUT2D eigenvalue weighted by atomic mass is 9.93. The van der Waals surface area contributed by atoms with Crippen LogP contribution in [0.25, 0.3) is 0 Å². The number of benzene rings is 1. The average molecular weight is 266 g/mol. The van der Waals surface area contributed by atoms with Gasteiger partial charge in [-0.25, -0.2) is 0 Å². The van der Waals surface area contributed by atoms with Gasteiger partial charge in [0.1, 0.15) is 5.75 Å². The molecule has 0 radical (unpaired) electrons. The summed E-state index contributed by atoms with van der Waals surface area (Å²) >= 11 is 1.83. The molecule has 0 aromatic heterocycles. The van der Waals surface area contributed by atoms with Crippen molar-refractivity contribution >= 4 is 17.7 Å². The number of ether oxygens (including phenoxy) is 1. The lowest BCUT2D eigenvalue weighted by molar-refractivity contribution is -0.138. The molecule has 3 nitrogen and oxygen atoms in total. The second kappa shape index (κ2) is 5.65. The highest BCUT2D eigenvalue weighted by Crippen LogP contribution is 2.36. The van der Waals surface area contributed by atoms with E-state index in [9.17, 15) is 4.79 Å². The number of fused-ring (bicyclic) bond motifs is 1. The van der Waals surface area contributed by atoms with Crippen LogP contribution in [0.15, 0.2) is 17.0 Å². The van der Waals surface area contributed by atoms with E-state index in [1.807, 2.05) is 18.7 Å². The number of thioether (sulfide) groups is 1. The number of carboxylic acid groups (broad SMARTS) is 1. The Labute approximate surface area is 112 Å². The third-order valence-electron chi connectivity index (χ3n) is 3.33. The first kappa shape index (κ1) is 13.3. The van der Waals surface area contributed by atoms with Gasteiger partial charge < -0.3 is 9.84 Å². The first-order valence-electron chi connectivity index (χ1n) is 6.12. The molecule has 1 aromatic rings. The van der Waals surface area contributed by atoms with Crippen LogP contribution in [0.1, 0.15) is 24.0 Å². The van der Waals surface area contributed by atoms with Crippen LogP contribution in [0.3, 0.4) is 0 Å². The SMILES string of the molecule is COc1cc2c(cc1C)SCCC(CC(=O)O)C2. The van der Waals surface area contributed by atoms with Crippen molar-refractivity contribution in [2.45, 2.75) is 31.1 Å². The van der Waals surface area contributed by atoms with Crippen LogP contribution in [0.4, 0.5) is 0 Å². The molecule has 0 bridgehead atoms. The molecule has 0 amide bonds. The van der Waals surface area contributed by atoms with Crippen LogP contribution in [-0.4, -0.2) is 23.9 Å². The number of aliphatic carboxylic acids is 1. The first-order valence-corrected chi connectivity index (χ1v) is 7.11. The summed E-state index contributed by atoms with van der Waals surface area (Å²) < 4.78 is 5.34. The van der Waals surface area contributed by atoms with Gasteiger partial charge in [-0.2, -0.15) is 0 Å². The lowest BCUT2D eigenvalue weighted by Gasteiger charge is -2.13. The van der Waals surface area contributed by atoms with E-state index < -0.39 is 5.97 Å². The molecule has 0 aliphatic carbocycles. The smallest absolute Gasteiger partial charge is 0.303 e. The van der Waals surface area contributed by atoms with Gasteiger partial charge in [0.25, 0.3) is 0 Å². The fourth-order valence-electron chi connectivity index (χ4n) is 2.39. The van der Waals surface area contributed by atoms with Crippen molar-refractivity contribution in [1.82, 2.24) is 0 Å². The predicted octanol–water partition coefficient (Wildman–Crippen LogP) is 3.13. The van der Waals surface area contributed by atoms with Crippen molar-refractivity contribution in [3.63, 3.8) is 0 Å². The number of hydrogen-bond acceptors (Lipinski definition) is 3. The Hall–Kier alpha value is -1.16. The highest BCUT2D eigenvalue weighted by atomic mass is 32.2. The third-order valence-corrected chi connectivity index (χ3v) is 4.46. The molecule has 4 heteroatoms. The molecular formula is C14H18O3S. The normalized spacial score (nSPS) is 18.9. The molecule has 1 unspecified atom stereocenters. The molecule has 1 heterocycles. The van der Waals surface area contributed by atoms with Gasteiger partial charge in [-0.1, -0.05) is 0 Å². The summed E-state index contributed by atoms with van der Waals surface area (Å²) in [7, 11) is 1.67. The van der Waals surface area contributed by atoms with Crippen molar-refractivity contribution in [3.8, 4) is 5.75 Å². The maximum absolute atomic E-state index is 10.8. The van der Waals surface area contributed by atoms with Crippen molar-refractivity contribution < 1.29 is 14.6 Å². The van der Waals surface area contributed by atoms with E-state index in [2.05, 4.69) is 12.1 Å². The topological polar surface area (TPSA) is 46.5 Å². The standard InChI is InChI=1S/C14H18O3S/c1-9-5-13-11(8-12(9)17-2)6-10(3-4-18-13)7-14(15)16/h5,8,10H,3-4,6-7H2,1-2H3,(H,15,16). The largest absolute Gasteiger partial charge is 0.496 e. The quantitative estimate of drug-likeness (QED) is 0.913. The van der Waals surface area contributed by atoms with Gasteiger partial charge in [0.15, 0.2) is 0 Å². The second-order valence-corrected chi connectivity index (χ2v) is 5.87. The van der Waals surface area contributed by atoms with Gasteiger partial charge in [0, 0.05) is 11.3 Å². The fourth-order valence-corrected chi connectivity index (χ4v) is 3.65. The lowest BCUT2D eigenvalue weighted by Crippen LogP contribution is -2.10. The first-order chi connectivity index (χ1) is 8.60. The van der Waals surface area contributed by atoms with Gasteiger partial charge in [-0.15, -0.1) is 11.8 Å². The molecule has 1 aliphatic rings. The average Bonchev–Trinajstić information content (AvgIpc) is 2.48. The molecule has 1 atom stereocenters. The number of hydrogen-bond donors (Lipinski definition) is 1. The fraction of sp³-hybridized carbons (Fsp3) is 0.500. The van der Waals surface area contributed by atoms with E-state index in [1.165, 1.54) is 10.5 Å². The number of methoxy groups -OCH3 is 1. The highest BCUT2D eigenvalue weighted by molar-refractivity contribution is 7.99. The predicted molar refractivity (Wildman–Crippen MR) is 72.5 cm³/mol. The van der Waals surface area contributed by atoms with Crippen LogP contribution in [0.2, 0.25) is 0 Å². The number of aryl methyl sites for hydroxylation is 1. The van der Waals surface area contributed by atoms with Gasteiger partial charge in [-0.05, 0) is 54.7 Å². The zero-order valence-electron chi connectivity index (χ0n) is 10.7. The van der Waals surface area contributed by atoms with Crippen molar-refractivity contribution in [1.29, 1.82) is 0 Å². The molecule has 0 saturated heterocycles. The van der Waals surface area contributed by atoms with Gasteiger partial charge in [0.2, 0.25) is 0 Å². The van der Waals surface area contributed by atoms with Crippen LogP contribution in [-0.2, 0) is 11.2 Å². The van der Waals surface area contributed by atoms with Crippen molar-refractivity contribution in [2.75, 3.05) is 12.9 Å². The molecular weight excluding hydrogens is 248 g/mol. The Morgan fingerprint density at radius 2 is 2.33 bits per heavy atom. The second-order valence-electron chi connectivity index (χ2n) is 4.73. The van der Waals surface area contributed by atoms with Crippen molar-refractivity contribution in [2.24, 2.45) is 5.92 Å². The molecule has 0 saturated carbocycles. The van der Waals surface area contributed by atoms with Gasteiger partial charge in [-0.3, -0.25) is 4.79 Å². The maximum atomic E-state index is 10.8. The molecule has 1 N–H and O–H groups in total. The monoisotopic (exact) mass is 266 g/mol. The van der Waals surface area contributed by atoms with Gasteiger partial charge in [0.05, 0.1) is 7.11 Å². The van der Waals surface area contributed by atoms with Crippen LogP contribution in [0, 0.1) is 12.8 Å². The summed E-state index contributed by atoms with van der Waals surface area (Å²) in [5, 5.41) is 8.92. The van der Waals surface area contributed by atoms with Crippen LogP contribution in [0.5, 0.6) is 5.75 Å². The summed E-state index contributed by atoms with van der Waals surface area (Å²) in [4.78, 5) is 12.1. The van der Waals surface area contributed by atoms with Crippen molar-refractivity contribution in [3.05, 3.63) is 23.3 Å². The summed E-state index contributed by atoms with van der Waals surface area (Å²) in [6.45, 7) is 2.04. The Kier molecular flexibility index (Phi) is 4.17.